The van der Waals surface area contributed by atoms with Crippen LogP contribution in [0.2, 0.25) is 0 Å². The number of aromatic nitrogens is 16. The molecule has 0 spiro atoms. The fraction of sp³-hybridized carbons (Fsp3) is 0. The quantitative estimate of drug-likeness (QED) is 0.113. The maximum atomic E-state index is 4.84. The van der Waals surface area contributed by atoms with Crippen LogP contribution >= 0.6 is 45.3 Å². The summed E-state index contributed by atoms with van der Waals surface area (Å²) in [5.74, 6) is 0. The minimum absolute atomic E-state index is 0.763. The van der Waals surface area contributed by atoms with Crippen LogP contribution in [-0.4, -0.2) is 78.1 Å². The molecule has 0 bridgehead atoms. The number of benzene rings is 12. The summed E-state index contributed by atoms with van der Waals surface area (Å²) in [6.07, 6.45) is 14.6. The number of pyridine rings is 8. The van der Waals surface area contributed by atoms with Gasteiger partial charge in [0.2, 0.25) is 0 Å². The highest BCUT2D eigenvalue weighted by Crippen LogP contribution is 2.44. The van der Waals surface area contributed by atoms with E-state index in [1.807, 2.05) is 85.5 Å². The van der Waals surface area contributed by atoms with Gasteiger partial charge >= 0.3 is 0 Å². The highest BCUT2D eigenvalue weighted by Gasteiger charge is 2.22. The van der Waals surface area contributed by atoms with Crippen molar-refractivity contribution >= 4 is 174 Å². The van der Waals surface area contributed by atoms with Crippen molar-refractivity contribution in [3.8, 4) is 110 Å². The van der Waals surface area contributed by atoms with Crippen molar-refractivity contribution in [2.75, 3.05) is 0 Å². The van der Waals surface area contributed by atoms with Gasteiger partial charge in [0.15, 0.2) is 22.6 Å². The lowest BCUT2D eigenvalue weighted by atomic mass is 10.0. The Labute approximate surface area is 793 Å². The zero-order valence-corrected chi connectivity index (χ0v) is 75.6. The molecule has 20 heteroatoms. The Morgan fingerprint density at radius 2 is 0.434 bits per heavy atom. The van der Waals surface area contributed by atoms with Crippen molar-refractivity contribution in [2.24, 2.45) is 0 Å². The molecule has 136 heavy (non-hydrogen) atoms. The average Bonchev–Trinajstić information content (AvgIpc) is 1.61. The largest absolute Gasteiger partial charge is 0.309 e. The van der Waals surface area contributed by atoms with Crippen molar-refractivity contribution < 1.29 is 0 Å². The molecule has 0 aliphatic heterocycles. The van der Waals surface area contributed by atoms with Crippen molar-refractivity contribution in [3.05, 3.63) is 438 Å². The molecule has 28 aromatic rings. The van der Waals surface area contributed by atoms with Crippen molar-refractivity contribution in [2.45, 2.75) is 0 Å². The molecule has 0 saturated carbocycles. The molecule has 0 radical (unpaired) electrons. The zero-order chi connectivity index (χ0) is 89.9. The number of fused-ring (bicyclic) bond motifs is 16. The van der Waals surface area contributed by atoms with Crippen LogP contribution in [0.4, 0.5) is 0 Å². The van der Waals surface area contributed by atoms with E-state index in [1.165, 1.54) is 93.2 Å². The second-order valence-corrected chi connectivity index (χ2v) is 36.9. The van der Waals surface area contributed by atoms with Crippen LogP contribution in [0, 0.1) is 0 Å². The van der Waals surface area contributed by atoms with E-state index in [2.05, 4.69) is 391 Å². The van der Waals surface area contributed by atoms with E-state index < -0.39 is 0 Å². The molecular weight excluding hydrogens is 1750 g/mol. The molecule has 640 valence electrons. The molecule has 0 aliphatic rings. The van der Waals surface area contributed by atoms with Crippen LogP contribution in [0.5, 0.6) is 0 Å². The van der Waals surface area contributed by atoms with Gasteiger partial charge in [-0.1, -0.05) is 182 Å². The Hall–Kier alpha value is -17.4. The van der Waals surface area contributed by atoms with Gasteiger partial charge in [-0.2, -0.15) is 0 Å². The molecule has 0 N–H and O–H groups in total. The fourth-order valence-electron chi connectivity index (χ4n) is 18.3. The molecule has 16 aromatic heterocycles. The molecule has 0 amide bonds. The smallest absolute Gasteiger partial charge is 0.170 e. The molecule has 12 aromatic carbocycles. The minimum atomic E-state index is 0.763. The summed E-state index contributed by atoms with van der Waals surface area (Å²) in [6, 6.07) is 136. The first-order valence-corrected chi connectivity index (χ1v) is 47.7. The van der Waals surface area contributed by atoms with Crippen LogP contribution in [0.1, 0.15) is 0 Å². The molecule has 16 heterocycles. The number of hydrogen-bond donors (Lipinski definition) is 0. The lowest BCUT2D eigenvalue weighted by Crippen LogP contribution is -1.96. The lowest BCUT2D eigenvalue weighted by Gasteiger charge is -2.09. The van der Waals surface area contributed by atoms with Gasteiger partial charge < -0.3 is 9.13 Å². The Morgan fingerprint density at radius 1 is 0.169 bits per heavy atom. The van der Waals surface area contributed by atoms with E-state index >= 15 is 0 Å². The molecule has 0 unspecified atom stereocenters. The van der Waals surface area contributed by atoms with Gasteiger partial charge in [-0.15, -0.1) is 45.3 Å². The molecule has 16 nitrogen and oxygen atoms in total. The third-order valence-electron chi connectivity index (χ3n) is 24.7. The highest BCUT2D eigenvalue weighted by atomic mass is 32.1. The summed E-state index contributed by atoms with van der Waals surface area (Å²) in [7, 11) is 0. The first-order valence-electron chi connectivity index (χ1n) is 44.5. The van der Waals surface area contributed by atoms with Gasteiger partial charge in [-0.25, -0.2) is 49.8 Å². The summed E-state index contributed by atoms with van der Waals surface area (Å²) in [6.45, 7) is 0. The van der Waals surface area contributed by atoms with Crippen LogP contribution in [0.3, 0.4) is 0 Å². The van der Waals surface area contributed by atoms with Crippen molar-refractivity contribution in [1.29, 1.82) is 0 Å². The first kappa shape index (κ1) is 80.7. The number of hydrogen-bond acceptors (Lipinski definition) is 16. The van der Waals surface area contributed by atoms with Crippen molar-refractivity contribution in [3.63, 3.8) is 0 Å². The summed E-state index contributed by atoms with van der Waals surface area (Å²) >= 11 is 6.56. The van der Waals surface area contributed by atoms with E-state index in [-0.39, 0.29) is 0 Å². The number of rotatable bonds is 12. The Kier molecular flexibility index (Phi) is 20.6. The highest BCUT2D eigenvalue weighted by molar-refractivity contribution is 7.22. The number of nitrogens with zero attached hydrogens (tertiary/aromatic N) is 16. The van der Waals surface area contributed by atoms with E-state index in [9.17, 15) is 0 Å². The van der Waals surface area contributed by atoms with E-state index in [4.69, 9.17) is 15.0 Å². The average molecular weight is 1820 g/mol. The third kappa shape index (κ3) is 15.0. The van der Waals surface area contributed by atoms with E-state index in [0.29, 0.717) is 0 Å². The molecule has 0 atom stereocenters. The monoisotopic (exact) mass is 1820 g/mol. The van der Waals surface area contributed by atoms with Gasteiger partial charge in [-0.3, -0.25) is 19.1 Å². The summed E-state index contributed by atoms with van der Waals surface area (Å²) in [5, 5.41) is 13.4. The SMILES string of the molecule is c1ccc(-c2ccc3c(c2)c2cc(-c4ccccc4)ccc2n3-c2ccc(-c3nc4ncccc4s3)cc2)cc1.c1ccc(-c2ccc3c(c2)c2cc(-c4ccccc4)ccc2n3-c2ccc(-c3nc4ncccc4s3)nc2)cc1.c1cnc2nc(-c3ccc(-n4c5ccccc5c5cccnc54)cc3)sc2c1.c1cnc2nc(-c3ccc(-n4c5ccccc5c5cccnc54)cn3)sc2c1. The van der Waals surface area contributed by atoms with E-state index in [0.717, 1.165) is 145 Å². The van der Waals surface area contributed by atoms with Crippen LogP contribution in [0.25, 0.3) is 239 Å². The van der Waals surface area contributed by atoms with Gasteiger partial charge in [-0.05, 0) is 251 Å². The standard InChI is InChI=1S/C36H23N3S.C35H22N4S.C23H14N4S.C22H13N5S/c1-3-8-24(9-4-1)27-15-19-32-30(22-27)31-23-28(25-10-5-2-6-11-25)16-20-33(31)39(32)29-17-13-26(14-18-29)36-38-35-34(40-36)12-7-21-37-35;1-3-8-23(9-4-1)25-13-17-31-28(20-25)29-21-26(24-10-5-2-6-11-24)14-18-32(29)39(31)27-15-16-30(37-22-27)35-38-34-33(40-35)12-7-19-36-34;1-2-7-19-17(5-1)18-6-3-14-25-22(18)27(19)16-11-9-15(10-12-16)23-26-21-20(28-23)8-4-13-24-21;1-2-7-18-15(5-1)16-6-3-12-24-21(16)27(18)14-9-10-17(25-13-14)22-26-20-19(28-22)8-4-11-23-20/h1-23H;1-22H;1-14H;1-13H. The Bertz CT molecular complexity index is 8380. The van der Waals surface area contributed by atoms with Gasteiger partial charge in [0.1, 0.15) is 31.3 Å². The number of thiazole rings is 4. The number of para-hydroxylation sites is 2. The predicted molar refractivity (Wildman–Crippen MR) is 562 cm³/mol. The van der Waals surface area contributed by atoms with Crippen LogP contribution < -0.4 is 0 Å². The van der Waals surface area contributed by atoms with Gasteiger partial charge in [0.05, 0.1) is 87.1 Å². The molecule has 28 rings (SSSR count). The van der Waals surface area contributed by atoms with Crippen LogP contribution in [0.15, 0.2) is 438 Å². The van der Waals surface area contributed by atoms with Gasteiger partial charge in [0, 0.05) is 103 Å². The molecular formula is C116H72N16S4. The second kappa shape index (κ2) is 34.7. The summed E-state index contributed by atoms with van der Waals surface area (Å²) < 4.78 is 13.4. The Balaban J connectivity index is 0.0000000979. The van der Waals surface area contributed by atoms with Crippen LogP contribution in [-0.2, 0) is 0 Å². The fourth-order valence-corrected chi connectivity index (χ4v) is 22.0. The normalized spacial score (nSPS) is 11.5. The molecule has 0 saturated heterocycles. The summed E-state index contributed by atoms with van der Waals surface area (Å²) in [4.78, 5) is 54.9. The molecule has 0 fully saturated rings. The second-order valence-electron chi connectivity index (χ2n) is 32.8. The van der Waals surface area contributed by atoms with Gasteiger partial charge in [0.25, 0.3) is 0 Å². The zero-order valence-electron chi connectivity index (χ0n) is 72.4. The van der Waals surface area contributed by atoms with Crippen molar-refractivity contribution in [1.82, 2.24) is 78.1 Å². The lowest BCUT2D eigenvalue weighted by molar-refractivity contribution is 1.11. The summed E-state index contributed by atoms with van der Waals surface area (Å²) in [5.41, 5.74) is 29.8. The molecule has 0 aliphatic carbocycles. The maximum absolute atomic E-state index is 4.84. The third-order valence-corrected chi connectivity index (χ3v) is 28.9. The Morgan fingerprint density at radius 3 is 0.779 bits per heavy atom. The van der Waals surface area contributed by atoms with E-state index in [1.54, 1.807) is 70.1 Å². The maximum Gasteiger partial charge on any atom is 0.170 e. The predicted octanol–water partition coefficient (Wildman–Crippen LogP) is 30.1. The topological polar surface area (TPSA) is 174 Å². The first-order chi connectivity index (χ1) is 67.4. The minimum Gasteiger partial charge on any atom is -0.309 e.